The third kappa shape index (κ3) is 1.62. The highest BCUT2D eigenvalue weighted by atomic mass is 16.5. The van der Waals surface area contributed by atoms with Crippen LogP contribution in [0.2, 0.25) is 0 Å². The monoisotopic (exact) mass is 191 g/mol. The molecule has 0 bridgehead atoms. The lowest BCUT2D eigenvalue weighted by molar-refractivity contribution is 0.191. The van der Waals surface area contributed by atoms with Gasteiger partial charge < -0.3 is 10.1 Å². The predicted molar refractivity (Wildman–Crippen MR) is 57.8 cm³/mol. The summed E-state index contributed by atoms with van der Waals surface area (Å²) in [6.07, 6.45) is 1.31. The molecule has 14 heavy (non-hydrogen) atoms. The molecule has 0 fully saturated rings. The summed E-state index contributed by atoms with van der Waals surface area (Å²) in [4.78, 5) is 0. The lowest BCUT2D eigenvalue weighted by Crippen LogP contribution is -2.37. The third-order valence-electron chi connectivity index (χ3n) is 2.94. The van der Waals surface area contributed by atoms with E-state index in [9.17, 15) is 0 Å². The number of likely N-dealkylation sites (N-methyl/N-ethyl adjacent to an activating group) is 1. The van der Waals surface area contributed by atoms with Crippen molar-refractivity contribution in [2.24, 2.45) is 0 Å². The van der Waals surface area contributed by atoms with E-state index < -0.39 is 0 Å². The highest BCUT2D eigenvalue weighted by molar-refractivity contribution is 5.40. The van der Waals surface area contributed by atoms with Crippen LogP contribution >= 0.6 is 0 Å². The number of benzene rings is 1. The van der Waals surface area contributed by atoms with E-state index in [4.69, 9.17) is 4.74 Å². The Bertz CT molecular complexity index is 335. The van der Waals surface area contributed by atoms with Crippen molar-refractivity contribution in [3.8, 4) is 5.75 Å². The van der Waals surface area contributed by atoms with Crippen LogP contribution in [-0.4, -0.2) is 19.2 Å². The summed E-state index contributed by atoms with van der Waals surface area (Å²) in [5.41, 5.74) is 2.60. The SMILES string of the molecule is CNC(C)C1Cc2ccc(C)cc2O1. The van der Waals surface area contributed by atoms with Crippen LogP contribution in [0, 0.1) is 6.92 Å². The molecule has 1 aliphatic rings. The highest BCUT2D eigenvalue weighted by Gasteiger charge is 2.26. The maximum Gasteiger partial charge on any atom is 0.123 e. The third-order valence-corrected chi connectivity index (χ3v) is 2.94. The van der Waals surface area contributed by atoms with Crippen LogP contribution in [0.5, 0.6) is 5.75 Å². The number of ether oxygens (including phenoxy) is 1. The molecule has 1 heterocycles. The van der Waals surface area contributed by atoms with Gasteiger partial charge >= 0.3 is 0 Å². The number of aryl methyl sites for hydroxylation is 1. The van der Waals surface area contributed by atoms with Crippen molar-refractivity contribution in [3.05, 3.63) is 29.3 Å². The summed E-state index contributed by atoms with van der Waals surface area (Å²) in [6.45, 7) is 4.25. The second-order valence-corrected chi connectivity index (χ2v) is 4.05. The highest BCUT2D eigenvalue weighted by Crippen LogP contribution is 2.30. The Hall–Kier alpha value is -1.02. The van der Waals surface area contributed by atoms with Gasteiger partial charge in [0, 0.05) is 12.5 Å². The first-order valence-electron chi connectivity index (χ1n) is 5.14. The Morgan fingerprint density at radius 2 is 2.29 bits per heavy atom. The molecule has 0 amide bonds. The lowest BCUT2D eigenvalue weighted by Gasteiger charge is -2.17. The summed E-state index contributed by atoms with van der Waals surface area (Å²) in [7, 11) is 1.97. The standard InChI is InChI=1S/C12H17NO/c1-8-4-5-10-7-11(9(2)13-3)14-12(10)6-8/h4-6,9,11,13H,7H2,1-3H3. The molecule has 1 N–H and O–H groups in total. The molecule has 1 aromatic carbocycles. The number of rotatable bonds is 2. The Balaban J connectivity index is 2.17. The van der Waals surface area contributed by atoms with Crippen molar-refractivity contribution < 1.29 is 4.74 Å². The second-order valence-electron chi connectivity index (χ2n) is 4.05. The molecule has 0 saturated carbocycles. The van der Waals surface area contributed by atoms with Crippen LogP contribution < -0.4 is 10.1 Å². The molecule has 0 saturated heterocycles. The molecule has 2 unspecified atom stereocenters. The van der Waals surface area contributed by atoms with E-state index >= 15 is 0 Å². The molecule has 2 heteroatoms. The molecule has 2 atom stereocenters. The van der Waals surface area contributed by atoms with Crippen molar-refractivity contribution in [1.29, 1.82) is 0 Å². The van der Waals surface area contributed by atoms with Crippen LogP contribution in [0.3, 0.4) is 0 Å². The first-order valence-corrected chi connectivity index (χ1v) is 5.14. The maximum absolute atomic E-state index is 5.88. The fraction of sp³-hybridized carbons (Fsp3) is 0.500. The molecular formula is C12H17NO. The van der Waals surface area contributed by atoms with Gasteiger partial charge in [0.15, 0.2) is 0 Å². The molecule has 0 spiro atoms. The van der Waals surface area contributed by atoms with Gasteiger partial charge in [0.05, 0.1) is 0 Å². The fourth-order valence-electron chi connectivity index (χ4n) is 1.83. The van der Waals surface area contributed by atoms with E-state index in [1.54, 1.807) is 0 Å². The van der Waals surface area contributed by atoms with Crippen LogP contribution in [-0.2, 0) is 6.42 Å². The van der Waals surface area contributed by atoms with E-state index in [0.717, 1.165) is 12.2 Å². The van der Waals surface area contributed by atoms with Gasteiger partial charge in [-0.2, -0.15) is 0 Å². The fourth-order valence-corrected chi connectivity index (χ4v) is 1.83. The van der Waals surface area contributed by atoms with Crippen LogP contribution in [0.25, 0.3) is 0 Å². The van der Waals surface area contributed by atoms with Gasteiger partial charge in [-0.1, -0.05) is 12.1 Å². The predicted octanol–water partition coefficient (Wildman–Crippen LogP) is 1.91. The van der Waals surface area contributed by atoms with Crippen molar-refractivity contribution in [2.45, 2.75) is 32.4 Å². The minimum atomic E-state index is 0.289. The molecule has 2 nitrogen and oxygen atoms in total. The Labute approximate surface area is 85.3 Å². The summed E-state index contributed by atoms with van der Waals surface area (Å²) in [6, 6.07) is 6.85. The van der Waals surface area contributed by atoms with Crippen LogP contribution in [0.1, 0.15) is 18.1 Å². The largest absolute Gasteiger partial charge is 0.488 e. The van der Waals surface area contributed by atoms with Crippen molar-refractivity contribution in [1.82, 2.24) is 5.32 Å². The molecule has 1 aromatic rings. The number of hydrogen-bond donors (Lipinski definition) is 1. The number of hydrogen-bond acceptors (Lipinski definition) is 2. The van der Waals surface area contributed by atoms with E-state index in [0.29, 0.717) is 6.04 Å². The van der Waals surface area contributed by atoms with Crippen molar-refractivity contribution >= 4 is 0 Å². The minimum absolute atomic E-state index is 0.289. The van der Waals surface area contributed by atoms with E-state index in [2.05, 4.69) is 37.4 Å². The molecule has 1 aliphatic heterocycles. The second kappa shape index (κ2) is 3.62. The van der Waals surface area contributed by atoms with Gasteiger partial charge in [-0.05, 0) is 38.1 Å². The quantitative estimate of drug-likeness (QED) is 0.771. The summed E-state index contributed by atoms with van der Waals surface area (Å²) >= 11 is 0. The average Bonchev–Trinajstić information content (AvgIpc) is 2.59. The van der Waals surface area contributed by atoms with Gasteiger partial charge in [0.2, 0.25) is 0 Å². The number of fused-ring (bicyclic) bond motifs is 1. The van der Waals surface area contributed by atoms with Gasteiger partial charge in [-0.3, -0.25) is 0 Å². The summed E-state index contributed by atoms with van der Waals surface area (Å²) in [5.74, 6) is 1.07. The maximum atomic E-state index is 5.88. The summed E-state index contributed by atoms with van der Waals surface area (Å²) in [5, 5.41) is 3.23. The Morgan fingerprint density at radius 1 is 1.50 bits per heavy atom. The zero-order chi connectivity index (χ0) is 10.1. The summed E-state index contributed by atoms with van der Waals surface area (Å²) < 4.78 is 5.88. The molecule has 0 aromatic heterocycles. The van der Waals surface area contributed by atoms with Crippen LogP contribution in [0.4, 0.5) is 0 Å². The van der Waals surface area contributed by atoms with Crippen LogP contribution in [0.15, 0.2) is 18.2 Å². The molecule has 2 rings (SSSR count). The first-order chi connectivity index (χ1) is 6.70. The molecular weight excluding hydrogens is 174 g/mol. The molecule has 76 valence electrons. The van der Waals surface area contributed by atoms with Gasteiger partial charge in [-0.25, -0.2) is 0 Å². The molecule has 0 radical (unpaired) electrons. The van der Waals surface area contributed by atoms with E-state index in [1.807, 2.05) is 7.05 Å². The van der Waals surface area contributed by atoms with E-state index in [-0.39, 0.29) is 6.10 Å². The lowest BCUT2D eigenvalue weighted by atomic mass is 10.0. The molecule has 0 aliphatic carbocycles. The zero-order valence-corrected chi connectivity index (χ0v) is 9.00. The average molecular weight is 191 g/mol. The Morgan fingerprint density at radius 3 is 3.00 bits per heavy atom. The topological polar surface area (TPSA) is 21.3 Å². The van der Waals surface area contributed by atoms with Gasteiger partial charge in [0.25, 0.3) is 0 Å². The van der Waals surface area contributed by atoms with Crippen molar-refractivity contribution in [3.63, 3.8) is 0 Å². The van der Waals surface area contributed by atoms with Gasteiger partial charge in [0.1, 0.15) is 11.9 Å². The Kier molecular flexibility index (Phi) is 2.46. The minimum Gasteiger partial charge on any atom is -0.488 e. The van der Waals surface area contributed by atoms with E-state index in [1.165, 1.54) is 11.1 Å². The number of nitrogens with one attached hydrogen (secondary N) is 1. The van der Waals surface area contributed by atoms with Gasteiger partial charge in [-0.15, -0.1) is 0 Å². The first kappa shape index (κ1) is 9.53. The van der Waals surface area contributed by atoms with Crippen molar-refractivity contribution in [2.75, 3.05) is 7.05 Å². The smallest absolute Gasteiger partial charge is 0.123 e. The normalized spacial score (nSPS) is 21.5. The zero-order valence-electron chi connectivity index (χ0n) is 9.00.